The summed E-state index contributed by atoms with van der Waals surface area (Å²) in [6.45, 7) is 7.71. The number of fused-ring (bicyclic) bond motifs is 2. The van der Waals surface area contributed by atoms with Gasteiger partial charge in [0.1, 0.15) is 11.5 Å². The van der Waals surface area contributed by atoms with Crippen LogP contribution in [0.2, 0.25) is 0 Å². The number of carbonyl (C=O) groups excluding carboxylic acids is 1. The number of nitrogens with zero attached hydrogens (tertiary/aromatic N) is 6. The van der Waals surface area contributed by atoms with Crippen molar-refractivity contribution in [3.63, 3.8) is 0 Å². The Labute approximate surface area is 227 Å². The highest BCUT2D eigenvalue weighted by Crippen LogP contribution is 2.37. The molecule has 1 atom stereocenters. The minimum Gasteiger partial charge on any atom is -0.475 e. The van der Waals surface area contributed by atoms with E-state index in [0.29, 0.717) is 24.1 Å². The maximum Gasteiger partial charge on any atom is 0.490 e. The summed E-state index contributed by atoms with van der Waals surface area (Å²) < 4.78 is 48.0. The van der Waals surface area contributed by atoms with E-state index >= 15 is 0 Å². The average Bonchev–Trinajstić information content (AvgIpc) is 3.52. The quantitative estimate of drug-likeness (QED) is 0.463. The predicted molar refractivity (Wildman–Crippen MR) is 139 cm³/mol. The lowest BCUT2D eigenvalue weighted by Crippen LogP contribution is -2.52. The van der Waals surface area contributed by atoms with Crippen LogP contribution in [0.3, 0.4) is 0 Å². The molecule has 5 heterocycles. The first-order chi connectivity index (χ1) is 18.9. The molecule has 1 saturated carbocycles. The molecule has 14 heteroatoms. The van der Waals surface area contributed by atoms with Crippen LogP contribution in [0, 0.1) is 12.7 Å². The van der Waals surface area contributed by atoms with Gasteiger partial charge in [0.2, 0.25) is 0 Å². The van der Waals surface area contributed by atoms with Crippen LogP contribution >= 0.6 is 0 Å². The third-order valence-corrected chi connectivity index (χ3v) is 7.28. The summed E-state index contributed by atoms with van der Waals surface area (Å²) in [5, 5.41) is 9.85. The summed E-state index contributed by atoms with van der Waals surface area (Å²) in [6, 6.07) is 4.31. The Balaban J connectivity index is 0.000000411. The van der Waals surface area contributed by atoms with Crippen LogP contribution in [0.15, 0.2) is 30.7 Å². The number of carboxylic acids is 1. The van der Waals surface area contributed by atoms with Crippen LogP contribution < -0.4 is 15.1 Å². The largest absolute Gasteiger partial charge is 0.490 e. The van der Waals surface area contributed by atoms with Crippen molar-refractivity contribution in [2.45, 2.75) is 51.4 Å². The van der Waals surface area contributed by atoms with Gasteiger partial charge in [0.15, 0.2) is 5.82 Å². The molecule has 0 radical (unpaired) electrons. The van der Waals surface area contributed by atoms with E-state index < -0.39 is 18.0 Å². The summed E-state index contributed by atoms with van der Waals surface area (Å²) in [4.78, 5) is 37.5. The number of aliphatic carboxylic acids is 1. The minimum absolute atomic E-state index is 0.125. The van der Waals surface area contributed by atoms with Gasteiger partial charge in [-0.2, -0.15) is 13.2 Å². The Morgan fingerprint density at radius 2 is 1.88 bits per heavy atom. The molecule has 0 bridgehead atoms. The number of carboxylic acid groups (broad SMARTS) is 1. The van der Waals surface area contributed by atoms with E-state index in [1.54, 1.807) is 27.9 Å². The Bertz CT molecular complexity index is 1440. The SMILES string of the molecule is Cc1cn2cc(NC(=O)N3CCc4c(N5CCN(C6CC6)C(C)C5)ccnc43)c(F)cc2n1.O=C(O)C(F)(F)F. The molecular weight excluding hydrogens is 534 g/mol. The van der Waals surface area contributed by atoms with Crippen LogP contribution in [-0.2, 0) is 11.2 Å². The van der Waals surface area contributed by atoms with Gasteiger partial charge in [-0.3, -0.25) is 9.80 Å². The van der Waals surface area contributed by atoms with Crippen molar-refractivity contribution in [1.82, 2.24) is 19.3 Å². The number of imidazole rings is 1. The fraction of sp³-hybridized carbons (Fsp3) is 0.462. The second-order valence-electron chi connectivity index (χ2n) is 10.2. The smallest absolute Gasteiger partial charge is 0.475 e. The van der Waals surface area contributed by atoms with Gasteiger partial charge in [-0.1, -0.05) is 0 Å². The number of urea groups is 1. The number of piperazine rings is 1. The molecule has 1 aliphatic carbocycles. The molecular formula is C26H29F4N7O3. The number of nitrogens with one attached hydrogen (secondary N) is 1. The van der Waals surface area contributed by atoms with Gasteiger partial charge >= 0.3 is 18.2 Å². The zero-order valence-corrected chi connectivity index (χ0v) is 22.0. The van der Waals surface area contributed by atoms with E-state index in [-0.39, 0.29) is 11.7 Å². The molecule has 0 spiro atoms. The molecule has 2 N–H and O–H groups in total. The van der Waals surface area contributed by atoms with Gasteiger partial charge in [0.25, 0.3) is 0 Å². The number of anilines is 3. The fourth-order valence-electron chi connectivity index (χ4n) is 5.32. The van der Waals surface area contributed by atoms with Gasteiger partial charge in [0, 0.05) is 74.2 Å². The van der Waals surface area contributed by atoms with Crippen LogP contribution in [0.1, 0.15) is 31.0 Å². The summed E-state index contributed by atoms with van der Waals surface area (Å²) >= 11 is 0. The highest BCUT2D eigenvalue weighted by atomic mass is 19.4. The Morgan fingerprint density at radius 3 is 2.52 bits per heavy atom. The number of hydrogen-bond acceptors (Lipinski definition) is 6. The van der Waals surface area contributed by atoms with E-state index in [9.17, 15) is 22.4 Å². The van der Waals surface area contributed by atoms with Crippen LogP contribution in [0.25, 0.3) is 5.65 Å². The van der Waals surface area contributed by atoms with Crippen molar-refractivity contribution in [3.8, 4) is 0 Å². The number of rotatable bonds is 3. The molecule has 3 aromatic heterocycles. The normalized spacial score (nSPS) is 19.3. The molecule has 10 nitrogen and oxygen atoms in total. The maximum atomic E-state index is 14.6. The molecule has 1 unspecified atom stereocenters. The Morgan fingerprint density at radius 1 is 1.15 bits per heavy atom. The molecule has 2 amide bonds. The average molecular weight is 564 g/mol. The standard InChI is InChI=1S/C24H28FN7O.C2HF3O2/c1-15-12-30-14-20(19(25)11-22(30)27-15)28-24(33)32-8-6-18-21(5-7-26-23(18)32)29-9-10-31(16(2)13-29)17-3-4-17;3-2(4,5)1(6)7/h5,7,11-12,14,16-17H,3-4,6,8-10,13H2,1-2H3,(H,28,33);(H,6,7). The third kappa shape index (κ3) is 5.67. The first-order valence-electron chi connectivity index (χ1n) is 12.9. The van der Waals surface area contributed by atoms with E-state index in [1.165, 1.54) is 24.6 Å². The van der Waals surface area contributed by atoms with E-state index in [2.05, 4.69) is 38.1 Å². The molecule has 214 valence electrons. The van der Waals surface area contributed by atoms with Crippen molar-refractivity contribution in [2.24, 2.45) is 0 Å². The van der Waals surface area contributed by atoms with Gasteiger partial charge in [-0.25, -0.2) is 23.9 Å². The lowest BCUT2D eigenvalue weighted by atomic mass is 10.1. The summed E-state index contributed by atoms with van der Waals surface area (Å²) in [5.41, 5.74) is 3.69. The topological polar surface area (TPSA) is 106 Å². The number of alkyl halides is 3. The monoisotopic (exact) mass is 563 g/mol. The van der Waals surface area contributed by atoms with Gasteiger partial charge in [-0.15, -0.1) is 0 Å². The van der Waals surface area contributed by atoms with Crippen molar-refractivity contribution in [3.05, 3.63) is 47.8 Å². The Hall–Kier alpha value is -3.94. The van der Waals surface area contributed by atoms with Crippen molar-refractivity contribution in [1.29, 1.82) is 0 Å². The van der Waals surface area contributed by atoms with Crippen molar-refractivity contribution in [2.75, 3.05) is 41.3 Å². The third-order valence-electron chi connectivity index (χ3n) is 7.28. The number of amides is 2. The van der Waals surface area contributed by atoms with Gasteiger partial charge < -0.3 is 19.7 Å². The first kappa shape index (κ1) is 27.6. The predicted octanol–water partition coefficient (Wildman–Crippen LogP) is 4.08. The minimum atomic E-state index is -5.08. The molecule has 2 aliphatic heterocycles. The number of aryl methyl sites for hydroxylation is 1. The second-order valence-corrected chi connectivity index (χ2v) is 10.2. The number of carbonyl (C=O) groups is 2. The molecule has 1 saturated heterocycles. The second kappa shape index (κ2) is 10.6. The van der Waals surface area contributed by atoms with Crippen LogP contribution in [0.5, 0.6) is 0 Å². The maximum absolute atomic E-state index is 14.6. The summed E-state index contributed by atoms with van der Waals surface area (Å²) in [7, 11) is 0. The number of aromatic nitrogens is 3. The number of hydrogen-bond donors (Lipinski definition) is 2. The molecule has 6 rings (SSSR count). The van der Waals surface area contributed by atoms with Gasteiger partial charge in [-0.05, 0) is 39.2 Å². The number of pyridine rings is 2. The zero-order chi connectivity index (χ0) is 28.8. The van der Waals surface area contributed by atoms with E-state index in [1.807, 2.05) is 6.92 Å². The molecule has 40 heavy (non-hydrogen) atoms. The van der Waals surface area contributed by atoms with Crippen LogP contribution in [0.4, 0.5) is 39.5 Å². The molecule has 3 aromatic rings. The molecule has 2 fully saturated rings. The highest BCUT2D eigenvalue weighted by molar-refractivity contribution is 6.03. The fourth-order valence-corrected chi connectivity index (χ4v) is 5.32. The summed E-state index contributed by atoms with van der Waals surface area (Å²) in [5.74, 6) is -2.60. The van der Waals surface area contributed by atoms with Crippen molar-refractivity contribution < 1.29 is 32.3 Å². The van der Waals surface area contributed by atoms with Crippen LogP contribution in [-0.4, -0.2) is 80.8 Å². The molecule has 3 aliphatic rings. The van der Waals surface area contributed by atoms with E-state index in [4.69, 9.17) is 9.90 Å². The highest BCUT2D eigenvalue weighted by Gasteiger charge is 2.38. The summed E-state index contributed by atoms with van der Waals surface area (Å²) in [6.07, 6.45) is 3.45. The first-order valence-corrected chi connectivity index (χ1v) is 12.9. The lowest BCUT2D eigenvalue weighted by molar-refractivity contribution is -0.192. The van der Waals surface area contributed by atoms with E-state index in [0.717, 1.165) is 43.4 Å². The van der Waals surface area contributed by atoms with Crippen molar-refractivity contribution >= 4 is 34.8 Å². The Kier molecular flexibility index (Phi) is 7.29. The number of halogens is 4. The van der Waals surface area contributed by atoms with Gasteiger partial charge in [0.05, 0.1) is 11.4 Å². The zero-order valence-electron chi connectivity index (χ0n) is 22.0. The molecule has 0 aromatic carbocycles. The lowest BCUT2D eigenvalue weighted by Gasteiger charge is -2.41.